The monoisotopic (exact) mass is 682 g/mol. The van der Waals surface area contributed by atoms with Crippen LogP contribution < -0.4 is 0 Å². The van der Waals surface area contributed by atoms with Gasteiger partial charge in [-0.25, -0.2) is 9.97 Å². The molecule has 0 aliphatic heterocycles. The van der Waals surface area contributed by atoms with E-state index in [1.807, 2.05) is 22.7 Å². The second-order valence-electron chi connectivity index (χ2n) is 13.6. The molecule has 51 heavy (non-hydrogen) atoms. The van der Waals surface area contributed by atoms with Gasteiger partial charge in [0.2, 0.25) is 0 Å². The molecule has 8 aromatic carbocycles. The Morgan fingerprint density at radius 2 is 1.12 bits per heavy atom. The number of thiophene rings is 2. The first-order valence-corrected chi connectivity index (χ1v) is 19.0. The summed E-state index contributed by atoms with van der Waals surface area (Å²) < 4.78 is 5.24. The van der Waals surface area contributed by atoms with E-state index < -0.39 is 0 Å². The van der Waals surface area contributed by atoms with Crippen molar-refractivity contribution in [1.82, 2.24) is 9.97 Å². The molecule has 4 heteroatoms. The molecule has 12 rings (SSSR count). The summed E-state index contributed by atoms with van der Waals surface area (Å²) in [4.78, 5) is 11.2. The van der Waals surface area contributed by atoms with Gasteiger partial charge in [0.05, 0.1) is 28.3 Å². The Balaban J connectivity index is 1.26. The van der Waals surface area contributed by atoms with Gasteiger partial charge in [-0.2, -0.15) is 0 Å². The predicted molar refractivity (Wildman–Crippen MR) is 219 cm³/mol. The topological polar surface area (TPSA) is 25.8 Å². The third-order valence-corrected chi connectivity index (χ3v) is 13.4. The first kappa shape index (κ1) is 27.8. The fourth-order valence-corrected chi connectivity index (χ4v) is 11.4. The molecule has 0 spiro atoms. The maximum atomic E-state index is 5.63. The van der Waals surface area contributed by atoms with Crippen LogP contribution in [0, 0.1) is 0 Å². The lowest BCUT2D eigenvalue weighted by Gasteiger charge is -2.19. The van der Waals surface area contributed by atoms with Gasteiger partial charge in [0.25, 0.3) is 0 Å². The number of benzene rings is 8. The molecular weight excluding hydrogens is 657 g/mol. The van der Waals surface area contributed by atoms with Crippen LogP contribution in [-0.2, 0) is 0 Å². The molecule has 0 saturated carbocycles. The van der Waals surface area contributed by atoms with Crippen LogP contribution >= 0.6 is 22.7 Å². The zero-order valence-electron chi connectivity index (χ0n) is 27.2. The Bertz CT molecular complexity index is 3280. The molecule has 1 unspecified atom stereocenters. The van der Waals surface area contributed by atoms with Crippen molar-refractivity contribution in [2.24, 2.45) is 0 Å². The second kappa shape index (κ2) is 10.3. The van der Waals surface area contributed by atoms with E-state index in [9.17, 15) is 0 Å². The summed E-state index contributed by atoms with van der Waals surface area (Å²) in [6, 6.07) is 55.3. The van der Waals surface area contributed by atoms with Crippen LogP contribution in [0.3, 0.4) is 0 Å². The van der Waals surface area contributed by atoms with Crippen molar-refractivity contribution in [2.75, 3.05) is 0 Å². The third kappa shape index (κ3) is 3.76. The number of para-hydroxylation sites is 2. The van der Waals surface area contributed by atoms with Gasteiger partial charge in [0.1, 0.15) is 0 Å². The lowest BCUT2D eigenvalue weighted by molar-refractivity contribution is 0.958. The van der Waals surface area contributed by atoms with Gasteiger partial charge in [-0.3, -0.25) is 0 Å². The van der Waals surface area contributed by atoms with Crippen LogP contribution in [0.4, 0.5) is 0 Å². The Labute approximate surface area is 300 Å². The summed E-state index contributed by atoms with van der Waals surface area (Å²) in [7, 11) is 0. The van der Waals surface area contributed by atoms with Crippen LogP contribution in [0.2, 0.25) is 0 Å². The maximum absolute atomic E-state index is 5.63. The number of nitrogens with zero attached hydrogens (tertiary/aromatic N) is 2. The van der Waals surface area contributed by atoms with E-state index in [0.717, 1.165) is 28.0 Å². The normalized spacial score (nSPS) is 14.1. The largest absolute Gasteiger partial charge is 0.248 e. The number of hydrogen-bond donors (Lipinski definition) is 0. The van der Waals surface area contributed by atoms with E-state index in [-0.39, 0.29) is 5.92 Å². The molecule has 0 fully saturated rings. The lowest BCUT2D eigenvalue weighted by atomic mass is 9.87. The van der Waals surface area contributed by atoms with E-state index in [0.29, 0.717) is 0 Å². The highest BCUT2D eigenvalue weighted by molar-refractivity contribution is 7.27. The summed E-state index contributed by atoms with van der Waals surface area (Å²) in [5.74, 6) is -0.0978. The molecule has 0 amide bonds. The minimum atomic E-state index is -0.0978. The molecule has 1 aliphatic carbocycles. The van der Waals surface area contributed by atoms with Crippen molar-refractivity contribution in [3.8, 4) is 22.4 Å². The van der Waals surface area contributed by atoms with Crippen LogP contribution in [0.25, 0.3) is 95.3 Å². The van der Waals surface area contributed by atoms with E-state index >= 15 is 0 Å². The highest BCUT2D eigenvalue weighted by atomic mass is 32.1. The van der Waals surface area contributed by atoms with E-state index in [2.05, 4.69) is 152 Å². The summed E-state index contributed by atoms with van der Waals surface area (Å²) in [5, 5.41) is 10.4. The summed E-state index contributed by atoms with van der Waals surface area (Å²) in [6.07, 6.45) is 0. The Morgan fingerprint density at radius 3 is 2.02 bits per heavy atom. The van der Waals surface area contributed by atoms with E-state index in [1.54, 1.807) is 0 Å². The minimum absolute atomic E-state index is 0.0978. The Morgan fingerprint density at radius 1 is 0.431 bits per heavy atom. The van der Waals surface area contributed by atoms with Gasteiger partial charge in [0, 0.05) is 45.9 Å². The first-order chi connectivity index (χ1) is 25.3. The minimum Gasteiger partial charge on any atom is -0.248 e. The average Bonchev–Trinajstić information content (AvgIpc) is 3.88. The Kier molecular flexibility index (Phi) is 5.62. The van der Waals surface area contributed by atoms with Crippen molar-refractivity contribution in [2.45, 2.75) is 5.92 Å². The van der Waals surface area contributed by atoms with Gasteiger partial charge in [-0.1, -0.05) is 133 Å². The first-order valence-electron chi connectivity index (χ1n) is 17.4. The third-order valence-electron chi connectivity index (χ3n) is 10.9. The standard InChI is InChI=1S/C47H26N2S2/c1-2-13-27-26(12-1)24-25-34-40-31-17-5-3-15-29(31)39-30-16-4-6-18-32(30)41(42(39)47(40)51-45(27)34)44-43(48-36-21-8-9-22-37(36)49-44)35-20-11-19-33-28-14-7-10-23-38(28)50-46(33)35/h1-25,41H. The van der Waals surface area contributed by atoms with Crippen LogP contribution in [0.5, 0.6) is 0 Å². The molecule has 0 N–H and O–H groups in total. The Hall–Kier alpha value is -5.94. The molecule has 0 radical (unpaired) electrons. The molecule has 0 bridgehead atoms. The maximum Gasteiger partial charge on any atom is 0.0949 e. The quantitative estimate of drug-likeness (QED) is 0.181. The van der Waals surface area contributed by atoms with Crippen molar-refractivity contribution in [3.05, 3.63) is 168 Å². The van der Waals surface area contributed by atoms with Crippen LogP contribution in [0.1, 0.15) is 22.7 Å². The second-order valence-corrected chi connectivity index (χ2v) is 15.6. The molecule has 11 aromatic rings. The molecular formula is C47H26N2S2. The molecule has 3 heterocycles. The summed E-state index contributed by atoms with van der Waals surface area (Å²) in [6.45, 7) is 0. The van der Waals surface area contributed by atoms with E-state index in [1.165, 1.54) is 84.1 Å². The van der Waals surface area contributed by atoms with Crippen molar-refractivity contribution < 1.29 is 0 Å². The molecule has 3 aromatic heterocycles. The molecule has 236 valence electrons. The van der Waals surface area contributed by atoms with Gasteiger partial charge >= 0.3 is 0 Å². The van der Waals surface area contributed by atoms with E-state index in [4.69, 9.17) is 9.97 Å². The SMILES string of the molecule is c1ccc2c(c1)-c1c(c3sc4c5ccccc5ccc4c3c3ccccc13)C2c1nc2ccccc2nc1-c1cccc2c1sc1ccccc12. The fraction of sp³-hybridized carbons (Fsp3) is 0.0213. The molecule has 1 atom stereocenters. The average molecular weight is 683 g/mol. The fourth-order valence-electron chi connectivity index (χ4n) is 8.79. The van der Waals surface area contributed by atoms with Gasteiger partial charge < -0.3 is 0 Å². The predicted octanol–water partition coefficient (Wildman–Crippen LogP) is 13.5. The summed E-state index contributed by atoms with van der Waals surface area (Å²) in [5.41, 5.74) is 10.2. The van der Waals surface area contributed by atoms with Crippen molar-refractivity contribution in [1.29, 1.82) is 0 Å². The van der Waals surface area contributed by atoms with Crippen LogP contribution in [0.15, 0.2) is 152 Å². The molecule has 1 aliphatic rings. The zero-order valence-corrected chi connectivity index (χ0v) is 28.9. The van der Waals surface area contributed by atoms with Crippen molar-refractivity contribution in [3.63, 3.8) is 0 Å². The number of hydrogen-bond acceptors (Lipinski definition) is 4. The summed E-state index contributed by atoms with van der Waals surface area (Å²) >= 11 is 3.80. The highest BCUT2D eigenvalue weighted by Crippen LogP contribution is 2.58. The zero-order chi connectivity index (χ0) is 33.2. The van der Waals surface area contributed by atoms with Gasteiger partial charge in [-0.05, 0) is 62.0 Å². The van der Waals surface area contributed by atoms with Crippen LogP contribution in [-0.4, -0.2) is 9.97 Å². The van der Waals surface area contributed by atoms with Gasteiger partial charge in [0.15, 0.2) is 0 Å². The number of fused-ring (bicyclic) bond motifs is 16. The van der Waals surface area contributed by atoms with Crippen molar-refractivity contribution >= 4 is 95.6 Å². The number of rotatable bonds is 2. The highest BCUT2D eigenvalue weighted by Gasteiger charge is 2.38. The van der Waals surface area contributed by atoms with Gasteiger partial charge in [-0.15, -0.1) is 22.7 Å². The molecule has 0 saturated heterocycles. The number of aromatic nitrogens is 2. The lowest BCUT2D eigenvalue weighted by Crippen LogP contribution is -2.07. The molecule has 2 nitrogen and oxygen atoms in total. The smallest absolute Gasteiger partial charge is 0.0949 e.